The summed E-state index contributed by atoms with van der Waals surface area (Å²) in [7, 11) is 0. The van der Waals surface area contributed by atoms with Gasteiger partial charge in [0.1, 0.15) is 0 Å². The minimum absolute atomic E-state index is 0.0744. The number of anilines is 1. The van der Waals surface area contributed by atoms with Crippen LogP contribution in [0.3, 0.4) is 0 Å². The van der Waals surface area contributed by atoms with Gasteiger partial charge in [0.05, 0.1) is 0 Å². The number of fused-ring (bicyclic) bond motifs is 1. The first-order valence-electron chi connectivity index (χ1n) is 7.78. The van der Waals surface area contributed by atoms with E-state index in [1.54, 1.807) is 0 Å². The van der Waals surface area contributed by atoms with Crippen LogP contribution < -0.4 is 4.90 Å². The van der Waals surface area contributed by atoms with Gasteiger partial charge in [0, 0.05) is 11.7 Å². The quantitative estimate of drug-likeness (QED) is 0.779. The van der Waals surface area contributed by atoms with E-state index >= 15 is 0 Å². The molecule has 4 rings (SSSR count). The molecule has 0 amide bonds. The van der Waals surface area contributed by atoms with Crippen molar-refractivity contribution in [3.05, 3.63) is 95.3 Å². The van der Waals surface area contributed by atoms with E-state index in [-0.39, 0.29) is 12.2 Å². The highest BCUT2D eigenvalue weighted by Gasteiger charge is 2.30. The number of hydrogen-bond acceptors (Lipinski definition) is 1. The van der Waals surface area contributed by atoms with Gasteiger partial charge in [-0.3, -0.25) is 0 Å². The zero-order chi connectivity index (χ0) is 14.9. The Balaban J connectivity index is 1.77. The largest absolute Gasteiger partial charge is 0.630 e. The third-order valence-electron chi connectivity index (χ3n) is 4.41. The van der Waals surface area contributed by atoms with E-state index in [1.807, 2.05) is 0 Å². The maximum atomic E-state index is 5.06. The molecule has 0 aromatic heterocycles. The van der Waals surface area contributed by atoms with Crippen LogP contribution in [0.5, 0.6) is 0 Å². The molecule has 1 heterocycles. The summed E-state index contributed by atoms with van der Waals surface area (Å²) < 4.78 is 0. The number of aryl methyl sites for hydroxylation is 1. The second-order valence-corrected chi connectivity index (χ2v) is 5.93. The van der Waals surface area contributed by atoms with Gasteiger partial charge in [-0.2, -0.15) is 0 Å². The van der Waals surface area contributed by atoms with Crippen molar-refractivity contribution in [2.24, 2.45) is 0 Å². The molecule has 1 saturated heterocycles. The molecule has 0 spiro atoms. The Hall–Kier alpha value is -2.32. The van der Waals surface area contributed by atoms with Crippen molar-refractivity contribution in [3.8, 4) is 0 Å². The number of nitrogens with zero attached hydrogens (tertiary/aromatic N) is 2. The molecule has 0 N–H and O–H groups in total. The number of rotatable bonds is 2. The van der Waals surface area contributed by atoms with Gasteiger partial charge in [-0.25, -0.2) is 0 Å². The van der Waals surface area contributed by atoms with Gasteiger partial charge in [0.2, 0.25) is 0 Å². The van der Waals surface area contributed by atoms with E-state index in [4.69, 9.17) is 5.32 Å². The van der Waals surface area contributed by atoms with Crippen LogP contribution in [-0.2, 0) is 0 Å². The highest BCUT2D eigenvalue weighted by Crippen LogP contribution is 2.44. The Kier molecular flexibility index (Phi) is 3.32. The molecule has 2 aromatic rings. The predicted octanol–water partition coefficient (Wildman–Crippen LogP) is 4.75. The van der Waals surface area contributed by atoms with Gasteiger partial charge in [0.15, 0.2) is 0 Å². The Labute approximate surface area is 131 Å². The van der Waals surface area contributed by atoms with Gasteiger partial charge in [-0.05, 0) is 30.8 Å². The van der Waals surface area contributed by atoms with Crippen LogP contribution in [0.4, 0.5) is 5.69 Å². The molecule has 0 bridgehead atoms. The van der Waals surface area contributed by atoms with E-state index in [0.29, 0.717) is 6.04 Å². The first-order valence-corrected chi connectivity index (χ1v) is 7.78. The fraction of sp³-hybridized carbons (Fsp3) is 0.200. The summed E-state index contributed by atoms with van der Waals surface area (Å²) >= 11 is 0. The maximum Gasteiger partial charge on any atom is 0.0360 e. The molecule has 2 heteroatoms. The molecular formula is C20H19N2-. The fourth-order valence-corrected chi connectivity index (χ4v) is 3.28. The molecule has 1 aliphatic carbocycles. The Bertz CT molecular complexity index is 700. The molecule has 110 valence electrons. The van der Waals surface area contributed by atoms with Crippen molar-refractivity contribution in [1.29, 1.82) is 0 Å². The van der Waals surface area contributed by atoms with Gasteiger partial charge in [0.25, 0.3) is 0 Å². The van der Waals surface area contributed by atoms with Crippen LogP contribution in [0.25, 0.3) is 5.32 Å². The molecule has 2 aromatic carbocycles. The van der Waals surface area contributed by atoms with E-state index in [1.165, 1.54) is 16.8 Å². The zero-order valence-electron chi connectivity index (χ0n) is 12.6. The summed E-state index contributed by atoms with van der Waals surface area (Å²) in [5.74, 6) is 0. The van der Waals surface area contributed by atoms with Crippen LogP contribution in [-0.4, -0.2) is 12.1 Å². The predicted molar refractivity (Wildman–Crippen MR) is 92.1 cm³/mol. The lowest BCUT2D eigenvalue weighted by Gasteiger charge is -2.37. The average Bonchev–Trinajstić information content (AvgIpc) is 2.96. The number of para-hydroxylation sites is 1. The number of benzene rings is 2. The molecule has 1 fully saturated rings. The fourth-order valence-electron chi connectivity index (χ4n) is 3.28. The highest BCUT2D eigenvalue weighted by atomic mass is 15.4. The van der Waals surface area contributed by atoms with Gasteiger partial charge >= 0.3 is 0 Å². The molecule has 3 atom stereocenters. The second-order valence-electron chi connectivity index (χ2n) is 5.93. The summed E-state index contributed by atoms with van der Waals surface area (Å²) in [5.41, 5.74) is 3.76. The lowest BCUT2D eigenvalue weighted by molar-refractivity contribution is 0.726. The van der Waals surface area contributed by atoms with Gasteiger partial charge in [-0.15, -0.1) is 0 Å². The minimum Gasteiger partial charge on any atom is -0.630 e. The SMILES string of the molecule is Cc1ccc(C2[N-]C3C=CC=CC3N2c2ccccc2)cc1. The maximum absolute atomic E-state index is 5.06. The molecule has 3 unspecified atom stereocenters. The summed E-state index contributed by atoms with van der Waals surface area (Å²) in [4.78, 5) is 2.43. The third kappa shape index (κ3) is 2.26. The average molecular weight is 287 g/mol. The summed E-state index contributed by atoms with van der Waals surface area (Å²) in [6.45, 7) is 2.12. The molecule has 2 aliphatic rings. The topological polar surface area (TPSA) is 17.3 Å². The van der Waals surface area contributed by atoms with Crippen molar-refractivity contribution in [2.75, 3.05) is 4.90 Å². The Morgan fingerprint density at radius 2 is 1.59 bits per heavy atom. The van der Waals surface area contributed by atoms with Crippen LogP contribution in [0.15, 0.2) is 78.9 Å². The summed E-state index contributed by atoms with van der Waals surface area (Å²) in [6, 6.07) is 19.9. The Morgan fingerprint density at radius 3 is 2.36 bits per heavy atom. The van der Waals surface area contributed by atoms with Crippen molar-refractivity contribution in [1.82, 2.24) is 0 Å². The molecular weight excluding hydrogens is 268 g/mol. The van der Waals surface area contributed by atoms with Crippen molar-refractivity contribution in [2.45, 2.75) is 25.2 Å². The Morgan fingerprint density at radius 1 is 0.864 bits per heavy atom. The molecule has 0 saturated carbocycles. The van der Waals surface area contributed by atoms with Crippen molar-refractivity contribution >= 4 is 5.69 Å². The molecule has 22 heavy (non-hydrogen) atoms. The first-order chi connectivity index (χ1) is 10.8. The second kappa shape index (κ2) is 5.47. The molecule has 1 aliphatic heterocycles. The third-order valence-corrected chi connectivity index (χ3v) is 4.41. The standard InChI is InChI=1S/C20H19N2/c1-15-11-13-16(14-12-15)20-21-18-9-5-6-10-19(18)22(20)17-7-3-2-4-8-17/h2-14,18-20H,1H3/q-1. The van der Waals surface area contributed by atoms with Crippen molar-refractivity contribution in [3.63, 3.8) is 0 Å². The van der Waals surface area contributed by atoms with E-state index in [9.17, 15) is 0 Å². The van der Waals surface area contributed by atoms with E-state index < -0.39 is 0 Å². The van der Waals surface area contributed by atoms with Gasteiger partial charge in [-0.1, -0.05) is 78.4 Å². The monoisotopic (exact) mass is 287 g/mol. The van der Waals surface area contributed by atoms with E-state index in [2.05, 4.69) is 90.7 Å². The zero-order valence-corrected chi connectivity index (χ0v) is 12.6. The van der Waals surface area contributed by atoms with Crippen LogP contribution >= 0.6 is 0 Å². The number of hydrogen-bond donors (Lipinski definition) is 0. The van der Waals surface area contributed by atoms with Crippen LogP contribution in [0.2, 0.25) is 0 Å². The smallest absolute Gasteiger partial charge is 0.0360 e. The van der Waals surface area contributed by atoms with Crippen LogP contribution in [0.1, 0.15) is 17.3 Å². The molecule has 2 nitrogen and oxygen atoms in total. The van der Waals surface area contributed by atoms with E-state index in [0.717, 1.165) is 0 Å². The lowest BCUT2D eigenvalue weighted by atomic mass is 10.0. The van der Waals surface area contributed by atoms with Gasteiger partial charge < -0.3 is 10.2 Å². The first kappa shape index (κ1) is 13.4. The summed E-state index contributed by atoms with van der Waals surface area (Å²) in [5, 5.41) is 5.06. The lowest BCUT2D eigenvalue weighted by Crippen LogP contribution is -2.34. The molecule has 0 radical (unpaired) electrons. The van der Waals surface area contributed by atoms with Crippen LogP contribution in [0, 0.1) is 6.92 Å². The summed E-state index contributed by atoms with van der Waals surface area (Å²) in [6.07, 6.45) is 8.77. The normalized spacial score (nSPS) is 26.2. The highest BCUT2D eigenvalue weighted by molar-refractivity contribution is 5.58. The van der Waals surface area contributed by atoms with Crippen molar-refractivity contribution < 1.29 is 0 Å². The number of allylic oxidation sites excluding steroid dienone is 2. The minimum atomic E-state index is 0.0744.